The molecule has 5 rings (SSSR count). The number of carbonyl (C=O) groups is 1. The molecule has 1 aromatic carbocycles. The van der Waals surface area contributed by atoms with Gasteiger partial charge in [0.25, 0.3) is 0 Å². The van der Waals surface area contributed by atoms with Gasteiger partial charge in [0.1, 0.15) is 11.6 Å². The van der Waals surface area contributed by atoms with Gasteiger partial charge in [-0.15, -0.1) is 0 Å². The largest absolute Gasteiger partial charge is 0.489 e. The zero-order valence-electron chi connectivity index (χ0n) is 17.5. The van der Waals surface area contributed by atoms with Crippen LogP contribution in [0.1, 0.15) is 62.8 Å². The summed E-state index contributed by atoms with van der Waals surface area (Å²) in [6, 6.07) is 3.89. The SMILES string of the molecule is CC1CCc2c(ccc(-c3c[nH]c(C4CCNCC4)n3)c2OC2CCC2)N1C(=O)O. The van der Waals surface area contributed by atoms with Crippen LogP contribution in [-0.4, -0.2) is 46.4 Å². The highest BCUT2D eigenvalue weighted by Crippen LogP contribution is 2.44. The summed E-state index contributed by atoms with van der Waals surface area (Å²) < 4.78 is 6.47. The molecule has 1 aliphatic carbocycles. The molecule has 1 unspecified atom stereocenters. The van der Waals surface area contributed by atoms with Crippen molar-refractivity contribution in [2.75, 3.05) is 18.0 Å². The first-order valence-electron chi connectivity index (χ1n) is 11.2. The van der Waals surface area contributed by atoms with Gasteiger partial charge < -0.3 is 20.1 Å². The molecule has 1 amide bonds. The first-order chi connectivity index (χ1) is 14.6. The number of aromatic amines is 1. The maximum Gasteiger partial charge on any atom is 0.412 e. The Kier molecular flexibility index (Phi) is 5.15. The number of nitrogens with one attached hydrogen (secondary N) is 2. The predicted molar refractivity (Wildman–Crippen MR) is 115 cm³/mol. The van der Waals surface area contributed by atoms with Gasteiger partial charge in [0, 0.05) is 29.3 Å². The second-order valence-electron chi connectivity index (χ2n) is 8.85. The Balaban J connectivity index is 1.55. The van der Waals surface area contributed by atoms with Crippen LogP contribution in [0, 0.1) is 0 Å². The number of hydrogen-bond acceptors (Lipinski definition) is 4. The van der Waals surface area contributed by atoms with Gasteiger partial charge in [0.2, 0.25) is 0 Å². The van der Waals surface area contributed by atoms with E-state index >= 15 is 0 Å². The number of H-pyrrole nitrogens is 1. The molecule has 1 aromatic heterocycles. The van der Waals surface area contributed by atoms with Gasteiger partial charge in [-0.25, -0.2) is 9.78 Å². The molecule has 0 spiro atoms. The number of fused-ring (bicyclic) bond motifs is 1. The van der Waals surface area contributed by atoms with Crippen LogP contribution in [0.3, 0.4) is 0 Å². The molecule has 2 fully saturated rings. The highest BCUT2D eigenvalue weighted by Gasteiger charge is 2.33. The number of rotatable bonds is 4. The zero-order valence-corrected chi connectivity index (χ0v) is 17.5. The molecule has 3 aliphatic rings. The lowest BCUT2D eigenvalue weighted by atomic mass is 9.92. The van der Waals surface area contributed by atoms with Crippen molar-refractivity contribution in [3.8, 4) is 17.0 Å². The van der Waals surface area contributed by atoms with E-state index in [0.717, 1.165) is 85.7 Å². The quantitative estimate of drug-likeness (QED) is 0.699. The normalized spacial score (nSPS) is 22.4. The van der Waals surface area contributed by atoms with Gasteiger partial charge >= 0.3 is 6.09 Å². The third-order valence-corrected chi connectivity index (χ3v) is 6.89. The standard InChI is InChI=1S/C23H30N4O3/c1-14-5-6-18-20(27(14)23(28)29)8-7-17(21(18)30-16-3-2-4-16)19-13-25-22(26-19)15-9-11-24-12-10-15/h7-8,13-16,24H,2-6,9-12H2,1H3,(H,25,26)(H,28,29). The molecule has 2 aliphatic heterocycles. The van der Waals surface area contributed by atoms with E-state index in [4.69, 9.17) is 9.72 Å². The number of amides is 1. The molecule has 1 saturated carbocycles. The van der Waals surface area contributed by atoms with Crippen molar-refractivity contribution in [1.82, 2.24) is 15.3 Å². The molecule has 0 radical (unpaired) electrons. The van der Waals surface area contributed by atoms with E-state index in [1.807, 2.05) is 25.3 Å². The van der Waals surface area contributed by atoms with Gasteiger partial charge in [-0.2, -0.15) is 0 Å². The summed E-state index contributed by atoms with van der Waals surface area (Å²) in [6.45, 7) is 4.02. The molecule has 1 saturated heterocycles. The van der Waals surface area contributed by atoms with Crippen LogP contribution in [0.15, 0.2) is 18.3 Å². The summed E-state index contributed by atoms with van der Waals surface area (Å²) >= 11 is 0. The van der Waals surface area contributed by atoms with Crippen LogP contribution >= 0.6 is 0 Å². The number of hydrogen-bond donors (Lipinski definition) is 3. The summed E-state index contributed by atoms with van der Waals surface area (Å²) in [4.78, 5) is 21.7. The topological polar surface area (TPSA) is 90.5 Å². The van der Waals surface area contributed by atoms with Gasteiger partial charge in [-0.3, -0.25) is 4.90 Å². The predicted octanol–water partition coefficient (Wildman–Crippen LogP) is 4.29. The average Bonchev–Trinajstić information content (AvgIpc) is 3.20. The Morgan fingerprint density at radius 3 is 2.70 bits per heavy atom. The minimum Gasteiger partial charge on any atom is -0.489 e. The number of benzene rings is 1. The molecule has 7 heteroatoms. The number of carboxylic acid groups (broad SMARTS) is 1. The van der Waals surface area contributed by atoms with Crippen molar-refractivity contribution in [2.45, 2.75) is 69.9 Å². The number of piperidine rings is 1. The summed E-state index contributed by atoms with van der Waals surface area (Å²) in [5.41, 5.74) is 3.62. The van der Waals surface area contributed by atoms with Crippen molar-refractivity contribution < 1.29 is 14.6 Å². The first-order valence-corrected chi connectivity index (χ1v) is 11.2. The zero-order chi connectivity index (χ0) is 20.7. The Hall–Kier alpha value is -2.54. The summed E-state index contributed by atoms with van der Waals surface area (Å²) in [7, 11) is 0. The molecule has 7 nitrogen and oxygen atoms in total. The monoisotopic (exact) mass is 410 g/mol. The Bertz CT molecular complexity index is 931. The minimum atomic E-state index is -0.904. The fourth-order valence-electron chi connectivity index (χ4n) is 4.87. The fourth-order valence-corrected chi connectivity index (χ4v) is 4.87. The highest BCUT2D eigenvalue weighted by molar-refractivity contribution is 5.90. The Labute approximate surface area is 176 Å². The van der Waals surface area contributed by atoms with E-state index < -0.39 is 6.09 Å². The highest BCUT2D eigenvalue weighted by atomic mass is 16.5. The first kappa shape index (κ1) is 19.4. The number of ether oxygens (including phenoxy) is 1. The van der Waals surface area contributed by atoms with Crippen molar-refractivity contribution in [3.05, 3.63) is 29.7 Å². The van der Waals surface area contributed by atoms with Crippen LogP contribution in [0.2, 0.25) is 0 Å². The number of anilines is 1. The van der Waals surface area contributed by atoms with E-state index in [2.05, 4.69) is 10.3 Å². The van der Waals surface area contributed by atoms with Crippen LogP contribution in [0.25, 0.3) is 11.3 Å². The summed E-state index contributed by atoms with van der Waals surface area (Å²) in [6.07, 6.45) is 8.40. The van der Waals surface area contributed by atoms with Crippen LogP contribution in [0.5, 0.6) is 5.75 Å². The van der Waals surface area contributed by atoms with Gasteiger partial charge in [-0.05, 0) is 77.1 Å². The molecular formula is C23H30N4O3. The smallest absolute Gasteiger partial charge is 0.412 e. The lowest BCUT2D eigenvalue weighted by Gasteiger charge is -2.36. The van der Waals surface area contributed by atoms with Crippen molar-refractivity contribution >= 4 is 11.8 Å². The summed E-state index contributed by atoms with van der Waals surface area (Å²) in [5, 5.41) is 13.2. The Morgan fingerprint density at radius 1 is 1.20 bits per heavy atom. The van der Waals surface area contributed by atoms with Crippen LogP contribution in [-0.2, 0) is 6.42 Å². The van der Waals surface area contributed by atoms with E-state index in [-0.39, 0.29) is 12.1 Å². The Morgan fingerprint density at radius 2 is 2.00 bits per heavy atom. The van der Waals surface area contributed by atoms with Crippen molar-refractivity contribution in [3.63, 3.8) is 0 Å². The molecule has 30 heavy (non-hydrogen) atoms. The molecule has 3 heterocycles. The molecule has 1 atom stereocenters. The lowest BCUT2D eigenvalue weighted by Crippen LogP contribution is -2.41. The number of aromatic nitrogens is 2. The fraction of sp³-hybridized carbons (Fsp3) is 0.565. The summed E-state index contributed by atoms with van der Waals surface area (Å²) in [5.74, 6) is 2.33. The number of imidazole rings is 1. The van der Waals surface area contributed by atoms with E-state index in [0.29, 0.717) is 5.92 Å². The number of nitrogens with zero attached hydrogens (tertiary/aromatic N) is 2. The second-order valence-corrected chi connectivity index (χ2v) is 8.85. The third-order valence-electron chi connectivity index (χ3n) is 6.89. The maximum atomic E-state index is 11.9. The van der Waals surface area contributed by atoms with Gasteiger partial charge in [-0.1, -0.05) is 0 Å². The molecule has 3 N–H and O–H groups in total. The van der Waals surface area contributed by atoms with Crippen molar-refractivity contribution in [1.29, 1.82) is 0 Å². The molecule has 2 aromatic rings. The van der Waals surface area contributed by atoms with Crippen LogP contribution < -0.4 is 15.0 Å². The van der Waals surface area contributed by atoms with Gasteiger partial charge in [0.15, 0.2) is 0 Å². The van der Waals surface area contributed by atoms with Crippen LogP contribution in [0.4, 0.5) is 10.5 Å². The second kappa shape index (κ2) is 7.95. The molecular weight excluding hydrogens is 380 g/mol. The van der Waals surface area contributed by atoms with Gasteiger partial charge in [0.05, 0.1) is 17.5 Å². The third kappa shape index (κ3) is 3.45. The maximum absolute atomic E-state index is 11.9. The lowest BCUT2D eigenvalue weighted by molar-refractivity contribution is 0.119. The van der Waals surface area contributed by atoms with E-state index in [1.165, 1.54) is 11.3 Å². The molecule has 160 valence electrons. The van der Waals surface area contributed by atoms with Crippen molar-refractivity contribution in [2.24, 2.45) is 0 Å². The molecule has 0 bridgehead atoms. The minimum absolute atomic E-state index is 0.0331. The average molecular weight is 411 g/mol. The van der Waals surface area contributed by atoms with E-state index in [9.17, 15) is 9.90 Å². The van der Waals surface area contributed by atoms with E-state index in [1.54, 1.807) is 0 Å².